The SMILES string of the molecule is CN1C(=O)c2ccccc2[C@H](C(=O)Nc2cccnc2)[C@@H]1c1ccc2c(c1)OCO2. The molecule has 0 fully saturated rings. The van der Waals surface area contributed by atoms with Gasteiger partial charge in [-0.2, -0.15) is 0 Å². The number of carbonyl (C=O) groups excluding carboxylic acids is 2. The molecule has 0 spiro atoms. The number of rotatable bonds is 3. The van der Waals surface area contributed by atoms with Gasteiger partial charge in [0.1, 0.15) is 0 Å². The minimum Gasteiger partial charge on any atom is -0.454 e. The Labute approximate surface area is 173 Å². The number of hydrogen-bond acceptors (Lipinski definition) is 5. The number of carbonyl (C=O) groups is 2. The summed E-state index contributed by atoms with van der Waals surface area (Å²) in [5.74, 6) is 0.319. The van der Waals surface area contributed by atoms with E-state index in [2.05, 4.69) is 10.3 Å². The van der Waals surface area contributed by atoms with Gasteiger partial charge in [0.15, 0.2) is 11.5 Å². The van der Waals surface area contributed by atoms with Gasteiger partial charge in [0.05, 0.1) is 23.8 Å². The first-order valence-corrected chi connectivity index (χ1v) is 9.60. The van der Waals surface area contributed by atoms with Crippen LogP contribution in [0.5, 0.6) is 11.5 Å². The second kappa shape index (κ2) is 7.18. The lowest BCUT2D eigenvalue weighted by Crippen LogP contribution is -2.44. The van der Waals surface area contributed by atoms with Crippen molar-refractivity contribution in [1.82, 2.24) is 9.88 Å². The third kappa shape index (κ3) is 2.95. The monoisotopic (exact) mass is 401 g/mol. The molecule has 2 amide bonds. The number of nitrogens with zero attached hydrogens (tertiary/aromatic N) is 2. The van der Waals surface area contributed by atoms with Crippen molar-refractivity contribution in [2.24, 2.45) is 0 Å². The number of amides is 2. The molecule has 3 aromatic rings. The number of benzene rings is 2. The van der Waals surface area contributed by atoms with E-state index in [9.17, 15) is 9.59 Å². The van der Waals surface area contributed by atoms with Crippen LogP contribution in [0, 0.1) is 0 Å². The van der Waals surface area contributed by atoms with Crippen LogP contribution in [0.4, 0.5) is 5.69 Å². The molecule has 1 N–H and O–H groups in total. The molecule has 0 saturated heterocycles. The van der Waals surface area contributed by atoms with Gasteiger partial charge in [0.2, 0.25) is 12.7 Å². The largest absolute Gasteiger partial charge is 0.454 e. The zero-order valence-electron chi connectivity index (χ0n) is 16.2. The number of aromatic nitrogens is 1. The Balaban J connectivity index is 1.61. The highest BCUT2D eigenvalue weighted by molar-refractivity contribution is 6.04. The van der Waals surface area contributed by atoms with Gasteiger partial charge >= 0.3 is 0 Å². The molecule has 150 valence electrons. The lowest BCUT2D eigenvalue weighted by molar-refractivity contribution is -0.119. The maximum Gasteiger partial charge on any atom is 0.254 e. The molecule has 3 heterocycles. The van der Waals surface area contributed by atoms with E-state index in [4.69, 9.17) is 9.47 Å². The van der Waals surface area contributed by atoms with Gasteiger partial charge in [-0.3, -0.25) is 14.6 Å². The average Bonchev–Trinajstić information content (AvgIpc) is 3.24. The van der Waals surface area contributed by atoms with Crippen LogP contribution in [0.3, 0.4) is 0 Å². The number of pyridine rings is 1. The van der Waals surface area contributed by atoms with E-state index in [0.29, 0.717) is 28.3 Å². The zero-order chi connectivity index (χ0) is 20.7. The summed E-state index contributed by atoms with van der Waals surface area (Å²) in [6, 6.07) is 15.8. The van der Waals surface area contributed by atoms with Gasteiger partial charge in [0, 0.05) is 18.8 Å². The van der Waals surface area contributed by atoms with Crippen LogP contribution in [0.25, 0.3) is 0 Å². The van der Waals surface area contributed by atoms with Crippen molar-refractivity contribution in [3.05, 3.63) is 83.7 Å². The predicted octanol–water partition coefficient (Wildman–Crippen LogP) is 3.36. The van der Waals surface area contributed by atoms with E-state index >= 15 is 0 Å². The van der Waals surface area contributed by atoms with Crippen LogP contribution in [-0.4, -0.2) is 35.5 Å². The zero-order valence-corrected chi connectivity index (χ0v) is 16.2. The number of ether oxygens (including phenoxy) is 2. The summed E-state index contributed by atoms with van der Waals surface area (Å²) in [6.45, 7) is 0.159. The molecule has 30 heavy (non-hydrogen) atoms. The highest BCUT2D eigenvalue weighted by Crippen LogP contribution is 2.45. The molecule has 2 aromatic carbocycles. The van der Waals surface area contributed by atoms with Crippen LogP contribution in [-0.2, 0) is 4.79 Å². The first-order chi connectivity index (χ1) is 14.6. The Morgan fingerprint density at radius 3 is 2.77 bits per heavy atom. The Morgan fingerprint density at radius 2 is 1.93 bits per heavy atom. The second-order valence-corrected chi connectivity index (χ2v) is 7.27. The summed E-state index contributed by atoms with van der Waals surface area (Å²) in [7, 11) is 1.72. The van der Waals surface area contributed by atoms with Gasteiger partial charge in [-0.15, -0.1) is 0 Å². The van der Waals surface area contributed by atoms with E-state index in [1.165, 1.54) is 0 Å². The summed E-state index contributed by atoms with van der Waals surface area (Å²) in [5, 5.41) is 2.94. The van der Waals surface area contributed by atoms with Gasteiger partial charge in [-0.05, 0) is 41.5 Å². The van der Waals surface area contributed by atoms with Crippen molar-refractivity contribution >= 4 is 17.5 Å². The maximum absolute atomic E-state index is 13.5. The Morgan fingerprint density at radius 1 is 1.10 bits per heavy atom. The summed E-state index contributed by atoms with van der Waals surface area (Å²) in [4.78, 5) is 32.2. The van der Waals surface area contributed by atoms with Crippen LogP contribution in [0.1, 0.15) is 33.4 Å². The molecular weight excluding hydrogens is 382 g/mol. The topological polar surface area (TPSA) is 80.8 Å². The maximum atomic E-state index is 13.5. The Bertz CT molecular complexity index is 1130. The molecule has 0 bridgehead atoms. The minimum atomic E-state index is -0.607. The predicted molar refractivity (Wildman–Crippen MR) is 109 cm³/mol. The van der Waals surface area contributed by atoms with Gasteiger partial charge in [0.25, 0.3) is 5.91 Å². The fourth-order valence-corrected chi connectivity index (χ4v) is 4.13. The van der Waals surface area contributed by atoms with Gasteiger partial charge in [-0.1, -0.05) is 24.3 Å². The van der Waals surface area contributed by atoms with Gasteiger partial charge < -0.3 is 19.7 Å². The molecule has 0 saturated carbocycles. The fourth-order valence-electron chi connectivity index (χ4n) is 4.13. The van der Waals surface area contributed by atoms with E-state index in [0.717, 1.165) is 5.56 Å². The standard InChI is InChI=1S/C23H19N3O4/c1-26-21(14-8-9-18-19(11-14)30-13-29-18)20(16-6-2-3-7-17(16)23(26)28)22(27)25-15-5-4-10-24-12-15/h2-12,20-21H,13H2,1H3,(H,25,27)/t20-,21-/m0/s1. The molecule has 2 aliphatic heterocycles. The molecule has 7 heteroatoms. The summed E-state index contributed by atoms with van der Waals surface area (Å²) in [5.41, 5.74) is 2.63. The summed E-state index contributed by atoms with van der Waals surface area (Å²) < 4.78 is 10.9. The fraction of sp³-hybridized carbons (Fsp3) is 0.174. The van der Waals surface area contributed by atoms with Crippen molar-refractivity contribution < 1.29 is 19.1 Å². The molecule has 2 aliphatic rings. The highest BCUT2D eigenvalue weighted by atomic mass is 16.7. The number of fused-ring (bicyclic) bond motifs is 2. The van der Waals surface area contributed by atoms with Crippen molar-refractivity contribution in [3.63, 3.8) is 0 Å². The lowest BCUT2D eigenvalue weighted by Gasteiger charge is -2.39. The Kier molecular flexibility index (Phi) is 4.35. The summed E-state index contributed by atoms with van der Waals surface area (Å²) in [6.07, 6.45) is 3.24. The van der Waals surface area contributed by atoms with Crippen molar-refractivity contribution in [2.45, 2.75) is 12.0 Å². The Hall–Kier alpha value is -3.87. The molecule has 0 unspecified atom stereocenters. The lowest BCUT2D eigenvalue weighted by atomic mass is 9.79. The molecule has 0 radical (unpaired) electrons. The molecule has 2 atom stereocenters. The third-order valence-electron chi connectivity index (χ3n) is 5.53. The number of nitrogens with one attached hydrogen (secondary N) is 1. The van der Waals surface area contributed by atoms with Crippen molar-refractivity contribution in [1.29, 1.82) is 0 Å². The smallest absolute Gasteiger partial charge is 0.254 e. The summed E-state index contributed by atoms with van der Waals surface area (Å²) >= 11 is 0. The first kappa shape index (κ1) is 18.2. The minimum absolute atomic E-state index is 0.126. The van der Waals surface area contributed by atoms with Crippen molar-refractivity contribution in [3.8, 4) is 11.5 Å². The van der Waals surface area contributed by atoms with Gasteiger partial charge in [-0.25, -0.2) is 0 Å². The van der Waals surface area contributed by atoms with E-state index < -0.39 is 12.0 Å². The molecule has 1 aromatic heterocycles. The number of anilines is 1. The number of likely N-dealkylation sites (N-methyl/N-ethyl adjacent to an activating group) is 1. The molecular formula is C23H19N3O4. The third-order valence-corrected chi connectivity index (χ3v) is 5.53. The van der Waals surface area contributed by atoms with Crippen LogP contribution in [0.15, 0.2) is 67.0 Å². The molecule has 5 rings (SSSR count). The van der Waals surface area contributed by atoms with E-state index in [1.54, 1.807) is 42.5 Å². The highest BCUT2D eigenvalue weighted by Gasteiger charge is 2.43. The molecule has 7 nitrogen and oxygen atoms in total. The average molecular weight is 401 g/mol. The number of hydrogen-bond donors (Lipinski definition) is 1. The van der Waals surface area contributed by atoms with Crippen LogP contribution < -0.4 is 14.8 Å². The normalized spacial score (nSPS) is 19.4. The quantitative estimate of drug-likeness (QED) is 0.728. The van der Waals surface area contributed by atoms with Crippen LogP contribution in [0.2, 0.25) is 0 Å². The first-order valence-electron chi connectivity index (χ1n) is 9.60. The van der Waals surface area contributed by atoms with E-state index in [1.807, 2.05) is 36.4 Å². The van der Waals surface area contributed by atoms with Crippen LogP contribution >= 0.6 is 0 Å². The molecule has 0 aliphatic carbocycles. The second-order valence-electron chi connectivity index (χ2n) is 7.27. The van der Waals surface area contributed by atoms with E-state index in [-0.39, 0.29) is 18.6 Å². The van der Waals surface area contributed by atoms with Crippen molar-refractivity contribution in [2.75, 3.05) is 19.2 Å².